The zero-order chi connectivity index (χ0) is 15.1. The Kier molecular flexibility index (Phi) is 6.29. The van der Waals surface area contributed by atoms with Gasteiger partial charge in [-0.25, -0.2) is 0 Å². The van der Waals surface area contributed by atoms with Gasteiger partial charge >= 0.3 is 0 Å². The zero-order valence-corrected chi connectivity index (χ0v) is 13.2. The van der Waals surface area contributed by atoms with Crippen molar-refractivity contribution in [1.29, 1.82) is 0 Å². The van der Waals surface area contributed by atoms with Crippen molar-refractivity contribution in [2.24, 2.45) is 0 Å². The highest BCUT2D eigenvalue weighted by molar-refractivity contribution is 5.43. The number of methoxy groups -OCH3 is 1. The van der Waals surface area contributed by atoms with Crippen molar-refractivity contribution in [3.63, 3.8) is 0 Å². The maximum absolute atomic E-state index is 5.88. The van der Waals surface area contributed by atoms with E-state index in [-0.39, 0.29) is 6.10 Å². The molecule has 0 spiro atoms. The van der Waals surface area contributed by atoms with E-state index in [1.165, 1.54) is 5.56 Å². The normalized spacial score (nSPS) is 19.5. The van der Waals surface area contributed by atoms with E-state index < -0.39 is 0 Å². The predicted octanol–water partition coefficient (Wildman–Crippen LogP) is 1.51. The molecule has 1 aromatic carbocycles. The molecule has 118 valence electrons. The lowest BCUT2D eigenvalue weighted by atomic mass is 10.2. The van der Waals surface area contributed by atoms with Gasteiger partial charge in [0.25, 0.3) is 0 Å². The molecule has 0 aromatic heterocycles. The Morgan fingerprint density at radius 3 is 2.95 bits per heavy atom. The summed E-state index contributed by atoms with van der Waals surface area (Å²) >= 11 is 0. The van der Waals surface area contributed by atoms with E-state index in [0.29, 0.717) is 6.61 Å². The zero-order valence-electron chi connectivity index (χ0n) is 13.2. The summed E-state index contributed by atoms with van der Waals surface area (Å²) in [5.74, 6) is 1.55. The molecule has 1 aliphatic rings. The SMILES string of the molecule is CCNCc1ccc(OCC2CN(C)CCO2)c(OC)c1. The molecule has 0 radical (unpaired) electrons. The summed E-state index contributed by atoms with van der Waals surface area (Å²) in [6.45, 7) is 7.09. The summed E-state index contributed by atoms with van der Waals surface area (Å²) in [5, 5.41) is 3.30. The Morgan fingerprint density at radius 2 is 2.24 bits per heavy atom. The van der Waals surface area contributed by atoms with Crippen LogP contribution in [0.25, 0.3) is 0 Å². The van der Waals surface area contributed by atoms with Crippen molar-refractivity contribution < 1.29 is 14.2 Å². The summed E-state index contributed by atoms with van der Waals surface area (Å²) in [5.41, 5.74) is 1.19. The smallest absolute Gasteiger partial charge is 0.161 e. The van der Waals surface area contributed by atoms with E-state index in [4.69, 9.17) is 14.2 Å². The van der Waals surface area contributed by atoms with Gasteiger partial charge < -0.3 is 24.4 Å². The third-order valence-electron chi connectivity index (χ3n) is 3.57. The number of hydrogen-bond donors (Lipinski definition) is 1. The van der Waals surface area contributed by atoms with Crippen molar-refractivity contribution >= 4 is 0 Å². The fraction of sp³-hybridized carbons (Fsp3) is 0.625. The molecule has 1 saturated heterocycles. The second kappa shape index (κ2) is 8.22. The van der Waals surface area contributed by atoms with E-state index in [1.807, 2.05) is 12.1 Å². The highest BCUT2D eigenvalue weighted by Crippen LogP contribution is 2.28. The van der Waals surface area contributed by atoms with Crippen LogP contribution in [0.4, 0.5) is 0 Å². The minimum absolute atomic E-state index is 0.120. The van der Waals surface area contributed by atoms with Gasteiger partial charge in [0.15, 0.2) is 11.5 Å². The van der Waals surface area contributed by atoms with Crippen LogP contribution in [0.5, 0.6) is 11.5 Å². The molecule has 1 N–H and O–H groups in total. The van der Waals surface area contributed by atoms with Crippen LogP contribution in [0.3, 0.4) is 0 Å². The third-order valence-corrected chi connectivity index (χ3v) is 3.57. The van der Waals surface area contributed by atoms with Crippen molar-refractivity contribution in [3.05, 3.63) is 23.8 Å². The minimum Gasteiger partial charge on any atom is -0.493 e. The van der Waals surface area contributed by atoms with E-state index in [1.54, 1.807) is 7.11 Å². The van der Waals surface area contributed by atoms with Gasteiger partial charge in [-0.3, -0.25) is 0 Å². The predicted molar refractivity (Wildman–Crippen MR) is 83.1 cm³/mol. The number of morpholine rings is 1. The summed E-state index contributed by atoms with van der Waals surface area (Å²) in [4.78, 5) is 2.26. The number of benzene rings is 1. The number of nitrogens with zero attached hydrogens (tertiary/aromatic N) is 1. The van der Waals surface area contributed by atoms with Gasteiger partial charge in [0.2, 0.25) is 0 Å². The van der Waals surface area contributed by atoms with E-state index in [0.717, 1.165) is 44.3 Å². The standard InChI is InChI=1S/C16H26N2O3/c1-4-17-10-13-5-6-15(16(9-13)19-3)21-12-14-11-18(2)7-8-20-14/h5-6,9,14,17H,4,7-8,10-12H2,1-3H3. The van der Waals surface area contributed by atoms with Crippen molar-refractivity contribution in [2.75, 3.05) is 47.0 Å². The topological polar surface area (TPSA) is 43.0 Å². The van der Waals surface area contributed by atoms with Crippen molar-refractivity contribution in [1.82, 2.24) is 10.2 Å². The molecule has 1 aliphatic heterocycles. The largest absolute Gasteiger partial charge is 0.493 e. The average Bonchev–Trinajstić information content (AvgIpc) is 2.51. The first-order chi connectivity index (χ1) is 10.2. The van der Waals surface area contributed by atoms with Crippen LogP contribution in [0.2, 0.25) is 0 Å². The molecule has 1 aromatic rings. The number of hydrogen-bond acceptors (Lipinski definition) is 5. The van der Waals surface area contributed by atoms with Crippen molar-refractivity contribution in [2.45, 2.75) is 19.6 Å². The van der Waals surface area contributed by atoms with Gasteiger partial charge in [-0.2, -0.15) is 0 Å². The molecule has 1 fully saturated rings. The Hall–Kier alpha value is -1.30. The fourth-order valence-corrected chi connectivity index (χ4v) is 2.36. The molecular formula is C16H26N2O3. The lowest BCUT2D eigenvalue weighted by Crippen LogP contribution is -2.42. The second-order valence-electron chi connectivity index (χ2n) is 5.33. The molecule has 1 atom stereocenters. The molecule has 5 heteroatoms. The van der Waals surface area contributed by atoms with Crippen LogP contribution in [-0.4, -0.2) is 58.0 Å². The van der Waals surface area contributed by atoms with Crippen LogP contribution in [-0.2, 0) is 11.3 Å². The second-order valence-corrected chi connectivity index (χ2v) is 5.33. The highest BCUT2D eigenvalue weighted by Gasteiger charge is 2.19. The molecule has 21 heavy (non-hydrogen) atoms. The van der Waals surface area contributed by atoms with Crippen LogP contribution >= 0.6 is 0 Å². The monoisotopic (exact) mass is 294 g/mol. The Balaban J connectivity index is 1.92. The van der Waals surface area contributed by atoms with Gasteiger partial charge in [0, 0.05) is 19.6 Å². The maximum Gasteiger partial charge on any atom is 0.161 e. The van der Waals surface area contributed by atoms with Crippen LogP contribution in [0.15, 0.2) is 18.2 Å². The molecule has 0 amide bonds. The van der Waals surface area contributed by atoms with E-state index in [9.17, 15) is 0 Å². The Labute approximate surface area is 127 Å². The quantitative estimate of drug-likeness (QED) is 0.826. The first-order valence-electron chi connectivity index (χ1n) is 7.53. The Morgan fingerprint density at radius 1 is 1.38 bits per heavy atom. The summed E-state index contributed by atoms with van der Waals surface area (Å²) in [6.07, 6.45) is 0.120. The molecule has 1 heterocycles. The lowest BCUT2D eigenvalue weighted by molar-refractivity contribution is -0.0406. The highest BCUT2D eigenvalue weighted by atomic mass is 16.5. The number of ether oxygens (including phenoxy) is 3. The Bertz CT molecular complexity index is 440. The fourth-order valence-electron chi connectivity index (χ4n) is 2.36. The van der Waals surface area contributed by atoms with Crippen molar-refractivity contribution in [3.8, 4) is 11.5 Å². The molecule has 2 rings (SSSR count). The summed E-state index contributed by atoms with van der Waals surface area (Å²) in [7, 11) is 3.77. The first kappa shape index (κ1) is 16.1. The van der Waals surface area contributed by atoms with E-state index >= 15 is 0 Å². The summed E-state index contributed by atoms with van der Waals surface area (Å²) < 4.78 is 17.0. The molecule has 0 aliphatic carbocycles. The minimum atomic E-state index is 0.120. The third kappa shape index (κ3) is 4.88. The van der Waals surface area contributed by atoms with Gasteiger partial charge in [0.1, 0.15) is 12.7 Å². The number of likely N-dealkylation sites (N-methyl/N-ethyl adjacent to an activating group) is 1. The molecule has 5 nitrogen and oxygen atoms in total. The van der Waals surface area contributed by atoms with Gasteiger partial charge in [-0.05, 0) is 31.3 Å². The van der Waals surface area contributed by atoms with Gasteiger partial charge in [0.05, 0.1) is 13.7 Å². The molecular weight excluding hydrogens is 268 g/mol. The number of rotatable bonds is 7. The van der Waals surface area contributed by atoms with Gasteiger partial charge in [-0.1, -0.05) is 13.0 Å². The molecule has 0 saturated carbocycles. The summed E-state index contributed by atoms with van der Waals surface area (Å²) in [6, 6.07) is 6.05. The van der Waals surface area contributed by atoms with E-state index in [2.05, 4.69) is 30.3 Å². The lowest BCUT2D eigenvalue weighted by Gasteiger charge is -2.30. The van der Waals surface area contributed by atoms with Crippen LogP contribution in [0, 0.1) is 0 Å². The first-order valence-corrected chi connectivity index (χ1v) is 7.53. The van der Waals surface area contributed by atoms with Gasteiger partial charge in [-0.15, -0.1) is 0 Å². The number of nitrogens with one attached hydrogen (secondary N) is 1. The maximum atomic E-state index is 5.88. The average molecular weight is 294 g/mol. The van der Waals surface area contributed by atoms with Crippen LogP contribution in [0.1, 0.15) is 12.5 Å². The molecule has 0 bridgehead atoms. The van der Waals surface area contributed by atoms with Crippen LogP contribution < -0.4 is 14.8 Å². The molecule has 1 unspecified atom stereocenters.